The van der Waals surface area contributed by atoms with Gasteiger partial charge >= 0.3 is 5.97 Å². The highest BCUT2D eigenvalue weighted by molar-refractivity contribution is 5.89. The van der Waals surface area contributed by atoms with Gasteiger partial charge in [-0.2, -0.15) is 0 Å². The highest BCUT2D eigenvalue weighted by Crippen LogP contribution is 2.18. The van der Waals surface area contributed by atoms with Gasteiger partial charge in [-0.1, -0.05) is 42.0 Å². The lowest BCUT2D eigenvalue weighted by atomic mass is 10.1. The van der Waals surface area contributed by atoms with E-state index in [2.05, 4.69) is 0 Å². The van der Waals surface area contributed by atoms with Gasteiger partial charge < -0.3 is 9.64 Å². The van der Waals surface area contributed by atoms with E-state index in [4.69, 9.17) is 4.74 Å². The number of nitro benzene ring substituents is 1. The average Bonchev–Trinajstić information content (AvgIpc) is 2.66. The maximum Gasteiger partial charge on any atom is 0.331 e. The quantitative estimate of drug-likeness (QED) is 0.324. The van der Waals surface area contributed by atoms with Gasteiger partial charge in [0.1, 0.15) is 0 Å². The molecule has 0 aliphatic rings. The number of nitro groups is 1. The minimum atomic E-state index is -0.745. The van der Waals surface area contributed by atoms with E-state index in [1.54, 1.807) is 13.1 Å². The summed E-state index contributed by atoms with van der Waals surface area (Å²) in [5, 5.41) is 10.9. The Kier molecular flexibility index (Phi) is 6.82. The van der Waals surface area contributed by atoms with Crippen LogP contribution in [0.25, 0.3) is 6.08 Å². The van der Waals surface area contributed by atoms with Crippen molar-refractivity contribution < 1.29 is 19.2 Å². The van der Waals surface area contributed by atoms with Crippen LogP contribution in [0.2, 0.25) is 0 Å². The molecule has 0 bridgehead atoms. The molecule has 0 aliphatic carbocycles. The van der Waals surface area contributed by atoms with Gasteiger partial charge in [0.25, 0.3) is 11.6 Å². The highest BCUT2D eigenvalue weighted by atomic mass is 16.6. The van der Waals surface area contributed by atoms with Gasteiger partial charge in [0.2, 0.25) is 0 Å². The topological polar surface area (TPSA) is 89.8 Å². The summed E-state index contributed by atoms with van der Waals surface area (Å²) >= 11 is 0. The van der Waals surface area contributed by atoms with E-state index in [0.717, 1.165) is 17.2 Å². The van der Waals surface area contributed by atoms with Gasteiger partial charge in [-0.15, -0.1) is 0 Å². The number of hydrogen-bond donors (Lipinski definition) is 0. The van der Waals surface area contributed by atoms with Crippen LogP contribution in [-0.2, 0) is 20.9 Å². The number of para-hydroxylation sites is 1. The SMILES string of the molecule is Cc1ccc(CN(C)C(=O)COC(=O)/C=C/c2ccccc2[N+](=O)[O-])cc1. The van der Waals surface area contributed by atoms with Crippen molar-refractivity contribution in [2.45, 2.75) is 13.5 Å². The Bertz CT molecular complexity index is 859. The summed E-state index contributed by atoms with van der Waals surface area (Å²) in [4.78, 5) is 35.7. The average molecular weight is 368 g/mol. The zero-order valence-electron chi connectivity index (χ0n) is 15.1. The summed E-state index contributed by atoms with van der Waals surface area (Å²) in [6, 6.07) is 13.8. The largest absolute Gasteiger partial charge is 0.452 e. The number of benzene rings is 2. The first-order chi connectivity index (χ1) is 12.9. The summed E-state index contributed by atoms with van der Waals surface area (Å²) in [5.74, 6) is -1.09. The van der Waals surface area contributed by atoms with Gasteiger partial charge in [-0.3, -0.25) is 14.9 Å². The molecule has 0 aromatic heterocycles. The molecular formula is C20H20N2O5. The lowest BCUT2D eigenvalue weighted by Crippen LogP contribution is -2.30. The lowest BCUT2D eigenvalue weighted by molar-refractivity contribution is -0.385. The van der Waals surface area contributed by atoms with Crippen molar-refractivity contribution in [3.8, 4) is 0 Å². The van der Waals surface area contributed by atoms with Gasteiger partial charge in [-0.05, 0) is 24.6 Å². The number of aryl methyl sites for hydroxylation is 1. The highest BCUT2D eigenvalue weighted by Gasteiger charge is 2.13. The third-order valence-corrected chi connectivity index (χ3v) is 3.84. The van der Waals surface area contributed by atoms with Crippen LogP contribution in [0.4, 0.5) is 5.69 Å². The molecule has 0 unspecified atom stereocenters. The molecule has 0 spiro atoms. The smallest absolute Gasteiger partial charge is 0.331 e. The number of carbonyl (C=O) groups is 2. The van der Waals surface area contributed by atoms with E-state index < -0.39 is 17.5 Å². The number of nitrogens with zero attached hydrogens (tertiary/aromatic N) is 2. The molecule has 27 heavy (non-hydrogen) atoms. The number of amides is 1. The van der Waals surface area contributed by atoms with E-state index in [1.807, 2.05) is 31.2 Å². The molecule has 0 heterocycles. The Hall–Kier alpha value is -3.48. The van der Waals surface area contributed by atoms with Crippen molar-refractivity contribution in [2.24, 2.45) is 0 Å². The van der Waals surface area contributed by atoms with Crippen molar-refractivity contribution in [3.05, 3.63) is 81.4 Å². The summed E-state index contributed by atoms with van der Waals surface area (Å²) in [6.07, 6.45) is 2.36. The normalized spacial score (nSPS) is 10.6. The molecule has 2 aromatic rings. The second-order valence-corrected chi connectivity index (χ2v) is 5.99. The molecule has 140 valence electrons. The van der Waals surface area contributed by atoms with Gasteiger partial charge in [0.15, 0.2) is 6.61 Å². The number of esters is 1. The summed E-state index contributed by atoms with van der Waals surface area (Å²) in [7, 11) is 1.62. The van der Waals surface area contributed by atoms with Crippen LogP contribution in [0, 0.1) is 17.0 Å². The van der Waals surface area contributed by atoms with Crippen LogP contribution in [0.15, 0.2) is 54.6 Å². The minimum absolute atomic E-state index is 0.115. The minimum Gasteiger partial charge on any atom is -0.452 e. The van der Waals surface area contributed by atoms with Crippen molar-refractivity contribution in [2.75, 3.05) is 13.7 Å². The van der Waals surface area contributed by atoms with Crippen LogP contribution < -0.4 is 0 Å². The van der Waals surface area contributed by atoms with E-state index in [9.17, 15) is 19.7 Å². The Labute approximate surface area is 157 Å². The summed E-state index contributed by atoms with van der Waals surface area (Å²) in [6.45, 7) is 1.99. The predicted octanol–water partition coefficient (Wildman–Crippen LogP) is 3.12. The van der Waals surface area contributed by atoms with Crippen molar-refractivity contribution in [3.63, 3.8) is 0 Å². The molecule has 0 saturated heterocycles. The third kappa shape index (κ3) is 6.07. The Balaban J connectivity index is 1.86. The first-order valence-electron chi connectivity index (χ1n) is 8.24. The third-order valence-electron chi connectivity index (χ3n) is 3.84. The Morgan fingerprint density at radius 1 is 1.15 bits per heavy atom. The van der Waals surface area contributed by atoms with Crippen LogP contribution >= 0.6 is 0 Å². The molecule has 0 saturated carbocycles. The van der Waals surface area contributed by atoms with Crippen molar-refractivity contribution in [1.29, 1.82) is 0 Å². The fraction of sp³-hybridized carbons (Fsp3) is 0.200. The van der Waals surface area contributed by atoms with E-state index in [-0.39, 0.29) is 17.2 Å². The maximum atomic E-state index is 12.1. The van der Waals surface area contributed by atoms with Crippen molar-refractivity contribution in [1.82, 2.24) is 4.90 Å². The molecule has 0 radical (unpaired) electrons. The molecule has 0 atom stereocenters. The van der Waals surface area contributed by atoms with Gasteiger partial charge in [0.05, 0.1) is 10.5 Å². The standard InChI is InChI=1S/C20H20N2O5/c1-15-7-9-16(10-8-15)13-21(2)19(23)14-27-20(24)12-11-17-5-3-4-6-18(17)22(25)26/h3-12H,13-14H2,1-2H3/b12-11+. The van der Waals surface area contributed by atoms with E-state index >= 15 is 0 Å². The number of ether oxygens (including phenoxy) is 1. The summed E-state index contributed by atoms with van der Waals surface area (Å²) < 4.78 is 4.92. The number of likely N-dealkylation sites (N-methyl/N-ethyl adjacent to an activating group) is 1. The maximum absolute atomic E-state index is 12.1. The fourth-order valence-electron chi connectivity index (χ4n) is 2.30. The fourth-order valence-corrected chi connectivity index (χ4v) is 2.30. The molecule has 7 nitrogen and oxygen atoms in total. The molecule has 2 aromatic carbocycles. The first kappa shape index (κ1) is 19.8. The number of carbonyl (C=O) groups excluding carboxylic acids is 2. The zero-order chi connectivity index (χ0) is 19.8. The van der Waals surface area contributed by atoms with Gasteiger partial charge in [-0.25, -0.2) is 4.79 Å². The van der Waals surface area contributed by atoms with Gasteiger partial charge in [0, 0.05) is 25.7 Å². The molecule has 0 aliphatic heterocycles. The Morgan fingerprint density at radius 2 is 1.81 bits per heavy atom. The lowest BCUT2D eigenvalue weighted by Gasteiger charge is -2.17. The first-order valence-corrected chi connectivity index (χ1v) is 8.24. The molecule has 7 heteroatoms. The number of hydrogen-bond acceptors (Lipinski definition) is 5. The molecular weight excluding hydrogens is 348 g/mol. The molecule has 2 rings (SSSR count). The molecule has 0 N–H and O–H groups in total. The van der Waals surface area contributed by atoms with Crippen LogP contribution in [0.5, 0.6) is 0 Å². The second kappa shape index (κ2) is 9.28. The van der Waals surface area contributed by atoms with Crippen LogP contribution in [-0.4, -0.2) is 35.4 Å². The van der Waals surface area contributed by atoms with Crippen LogP contribution in [0.3, 0.4) is 0 Å². The van der Waals surface area contributed by atoms with E-state index in [1.165, 1.54) is 29.2 Å². The number of rotatable bonds is 7. The summed E-state index contributed by atoms with van der Waals surface area (Å²) in [5.41, 5.74) is 2.27. The Morgan fingerprint density at radius 3 is 2.48 bits per heavy atom. The molecule has 0 fully saturated rings. The van der Waals surface area contributed by atoms with Crippen LogP contribution in [0.1, 0.15) is 16.7 Å². The molecule has 1 amide bonds. The van der Waals surface area contributed by atoms with E-state index in [0.29, 0.717) is 6.54 Å². The van der Waals surface area contributed by atoms with Crippen molar-refractivity contribution >= 4 is 23.6 Å². The zero-order valence-corrected chi connectivity index (χ0v) is 15.1. The predicted molar refractivity (Wildman–Crippen MR) is 101 cm³/mol. The second-order valence-electron chi connectivity index (χ2n) is 5.99. The monoisotopic (exact) mass is 368 g/mol.